The Morgan fingerprint density at radius 1 is 1.24 bits per heavy atom. The van der Waals surface area contributed by atoms with E-state index in [0.29, 0.717) is 0 Å². The molecule has 5 nitrogen and oxygen atoms in total. The smallest absolute Gasteiger partial charge is 0.270 e. The summed E-state index contributed by atoms with van der Waals surface area (Å²) < 4.78 is 32.4. The topological polar surface area (TPSA) is 72.6 Å². The number of rotatable bonds is 4. The molecule has 0 saturated heterocycles. The maximum Gasteiger partial charge on any atom is 0.270 e. The van der Waals surface area contributed by atoms with Crippen LogP contribution in [0.3, 0.4) is 0 Å². The molecule has 21 heavy (non-hydrogen) atoms. The van der Waals surface area contributed by atoms with E-state index in [-0.39, 0.29) is 21.5 Å². The number of ether oxygens (including phenoxy) is 1. The third kappa shape index (κ3) is 3.34. The lowest BCUT2D eigenvalue weighted by molar-refractivity contribution is -0.385. The first kappa shape index (κ1) is 15.3. The molecule has 0 unspecified atom stereocenters. The van der Waals surface area contributed by atoms with Crippen LogP contribution in [-0.2, 0) is 6.61 Å². The molecule has 0 aliphatic heterocycles. The Bertz CT molecular complexity index is 709. The van der Waals surface area contributed by atoms with Crippen LogP contribution in [0.2, 0.25) is 0 Å². The molecule has 110 valence electrons. The number of hydrogen-bond acceptors (Lipinski definition) is 4. The third-order valence-electron chi connectivity index (χ3n) is 2.60. The third-order valence-corrected chi connectivity index (χ3v) is 3.06. The molecule has 0 heterocycles. The fourth-order valence-electron chi connectivity index (χ4n) is 1.63. The number of nitro groups is 1. The summed E-state index contributed by atoms with van der Waals surface area (Å²) >= 11 is 3.00. The van der Waals surface area contributed by atoms with Crippen LogP contribution in [0.25, 0.3) is 0 Å². The minimum absolute atomic E-state index is 0.000463. The lowest BCUT2D eigenvalue weighted by Gasteiger charge is -2.11. The van der Waals surface area contributed by atoms with Crippen molar-refractivity contribution in [1.29, 1.82) is 0 Å². The van der Waals surface area contributed by atoms with Gasteiger partial charge in [-0.2, -0.15) is 4.39 Å². The molecule has 0 aromatic heterocycles. The van der Waals surface area contributed by atoms with Gasteiger partial charge in [-0.25, -0.2) is 4.39 Å². The second-order valence-corrected chi connectivity index (χ2v) is 4.92. The Morgan fingerprint density at radius 2 is 1.95 bits per heavy atom. The average Bonchev–Trinajstić information content (AvgIpc) is 2.44. The Kier molecular flexibility index (Phi) is 4.49. The second kappa shape index (κ2) is 6.15. The number of aliphatic hydroxyl groups is 1. The van der Waals surface area contributed by atoms with Gasteiger partial charge in [-0.3, -0.25) is 10.1 Å². The first-order chi connectivity index (χ1) is 9.92. The van der Waals surface area contributed by atoms with Gasteiger partial charge in [-0.05, 0) is 18.2 Å². The van der Waals surface area contributed by atoms with Crippen LogP contribution in [0.5, 0.6) is 11.5 Å². The number of non-ortho nitro benzene ring substituents is 1. The number of nitro benzene ring substituents is 1. The zero-order valence-electron chi connectivity index (χ0n) is 10.3. The molecule has 0 bridgehead atoms. The Hall–Kier alpha value is -2.06. The summed E-state index contributed by atoms with van der Waals surface area (Å²) in [6.45, 7) is -0.547. The molecule has 0 aliphatic rings. The van der Waals surface area contributed by atoms with Gasteiger partial charge in [-0.15, -0.1) is 0 Å². The van der Waals surface area contributed by atoms with Crippen LogP contribution in [0.1, 0.15) is 5.56 Å². The van der Waals surface area contributed by atoms with E-state index in [1.807, 2.05) is 0 Å². The monoisotopic (exact) mass is 359 g/mol. The van der Waals surface area contributed by atoms with Crippen LogP contribution in [-0.4, -0.2) is 10.0 Å². The fourth-order valence-corrected chi connectivity index (χ4v) is 2.04. The molecule has 0 atom stereocenters. The van der Waals surface area contributed by atoms with Crippen molar-refractivity contribution in [2.75, 3.05) is 0 Å². The van der Waals surface area contributed by atoms with Crippen LogP contribution in [0, 0.1) is 21.7 Å². The summed E-state index contributed by atoms with van der Waals surface area (Å²) in [6, 6.07) is 5.59. The molecule has 2 aromatic carbocycles. The largest absolute Gasteiger partial charge is 0.454 e. The summed E-state index contributed by atoms with van der Waals surface area (Å²) in [5, 5.41) is 19.9. The molecular formula is C13H8BrF2NO4. The fraction of sp³-hybridized carbons (Fsp3) is 0.0769. The predicted octanol–water partition coefficient (Wildman–Crippen LogP) is 3.92. The predicted molar refractivity (Wildman–Crippen MR) is 73.2 cm³/mol. The van der Waals surface area contributed by atoms with Crippen molar-refractivity contribution in [3.8, 4) is 11.5 Å². The molecule has 2 aromatic rings. The summed E-state index contributed by atoms with van der Waals surface area (Å²) in [5.41, 5.74) is -0.156. The number of aliphatic hydroxyl groups excluding tert-OH is 1. The van der Waals surface area contributed by atoms with Crippen molar-refractivity contribution in [3.05, 3.63) is 62.1 Å². The van der Waals surface area contributed by atoms with E-state index in [4.69, 9.17) is 4.74 Å². The summed E-state index contributed by atoms with van der Waals surface area (Å²) in [4.78, 5) is 10.0. The van der Waals surface area contributed by atoms with Gasteiger partial charge in [0.2, 0.25) is 5.82 Å². The number of benzene rings is 2. The van der Waals surface area contributed by atoms with E-state index in [1.54, 1.807) is 0 Å². The average molecular weight is 360 g/mol. The Morgan fingerprint density at radius 3 is 2.57 bits per heavy atom. The van der Waals surface area contributed by atoms with E-state index in [0.717, 1.165) is 18.2 Å². The number of hydrogen-bond donors (Lipinski definition) is 1. The highest BCUT2D eigenvalue weighted by Gasteiger charge is 2.16. The van der Waals surface area contributed by atoms with Gasteiger partial charge in [0, 0.05) is 22.2 Å². The van der Waals surface area contributed by atoms with Crippen molar-refractivity contribution >= 4 is 21.6 Å². The SMILES string of the molecule is O=[N+]([O-])c1ccc(Oc2cc(Br)cc(F)c2F)c(CO)c1. The van der Waals surface area contributed by atoms with Gasteiger partial charge in [0.25, 0.3) is 5.69 Å². The van der Waals surface area contributed by atoms with Gasteiger partial charge in [-0.1, -0.05) is 15.9 Å². The van der Waals surface area contributed by atoms with E-state index in [2.05, 4.69) is 15.9 Å². The Balaban J connectivity index is 2.42. The van der Waals surface area contributed by atoms with Crippen molar-refractivity contribution < 1.29 is 23.5 Å². The summed E-state index contributed by atoms with van der Waals surface area (Å²) in [5.74, 6) is -2.70. The van der Waals surface area contributed by atoms with E-state index >= 15 is 0 Å². The maximum atomic E-state index is 13.6. The van der Waals surface area contributed by atoms with Crippen molar-refractivity contribution in [2.45, 2.75) is 6.61 Å². The van der Waals surface area contributed by atoms with Crippen LogP contribution < -0.4 is 4.74 Å². The molecule has 0 saturated carbocycles. The van der Waals surface area contributed by atoms with Crippen LogP contribution in [0.15, 0.2) is 34.8 Å². The van der Waals surface area contributed by atoms with Crippen LogP contribution >= 0.6 is 15.9 Å². The van der Waals surface area contributed by atoms with E-state index in [9.17, 15) is 24.0 Å². The summed E-state index contributed by atoms with van der Waals surface area (Å²) in [7, 11) is 0. The number of nitrogens with zero attached hydrogens (tertiary/aromatic N) is 1. The molecule has 1 N–H and O–H groups in total. The van der Waals surface area contributed by atoms with E-state index in [1.165, 1.54) is 12.1 Å². The molecule has 8 heteroatoms. The maximum absolute atomic E-state index is 13.6. The molecule has 2 rings (SSSR count). The minimum Gasteiger partial charge on any atom is -0.454 e. The standard InChI is InChI=1S/C13H8BrF2NO4/c14-8-4-10(15)13(16)12(5-8)21-11-2-1-9(17(19)20)3-7(11)6-18/h1-5,18H,6H2. The van der Waals surface area contributed by atoms with Crippen LogP contribution in [0.4, 0.5) is 14.5 Å². The zero-order valence-corrected chi connectivity index (χ0v) is 11.9. The summed E-state index contributed by atoms with van der Waals surface area (Å²) in [6.07, 6.45) is 0. The molecule has 0 aliphatic carbocycles. The van der Waals surface area contributed by atoms with Gasteiger partial charge >= 0.3 is 0 Å². The lowest BCUT2D eigenvalue weighted by atomic mass is 10.2. The molecule has 0 fully saturated rings. The van der Waals surface area contributed by atoms with Gasteiger partial charge < -0.3 is 9.84 Å². The molecular weight excluding hydrogens is 352 g/mol. The highest BCUT2D eigenvalue weighted by Crippen LogP contribution is 2.33. The van der Waals surface area contributed by atoms with Gasteiger partial charge in [0.1, 0.15) is 5.75 Å². The quantitative estimate of drug-likeness (QED) is 0.510. The van der Waals surface area contributed by atoms with E-state index < -0.39 is 28.9 Å². The van der Waals surface area contributed by atoms with Gasteiger partial charge in [0.15, 0.2) is 11.6 Å². The first-order valence-electron chi connectivity index (χ1n) is 5.63. The van der Waals surface area contributed by atoms with Crippen molar-refractivity contribution in [2.24, 2.45) is 0 Å². The van der Waals surface area contributed by atoms with Crippen molar-refractivity contribution in [3.63, 3.8) is 0 Å². The van der Waals surface area contributed by atoms with Gasteiger partial charge in [0.05, 0.1) is 11.5 Å². The number of halogens is 3. The zero-order chi connectivity index (χ0) is 15.6. The molecule has 0 spiro atoms. The normalized spacial score (nSPS) is 10.5. The molecule has 0 radical (unpaired) electrons. The van der Waals surface area contributed by atoms with Crippen molar-refractivity contribution in [1.82, 2.24) is 0 Å². The highest BCUT2D eigenvalue weighted by molar-refractivity contribution is 9.10. The lowest BCUT2D eigenvalue weighted by Crippen LogP contribution is -1.97. The molecule has 0 amide bonds. The first-order valence-corrected chi connectivity index (χ1v) is 6.42. The minimum atomic E-state index is -1.19. The second-order valence-electron chi connectivity index (χ2n) is 4.01. The Labute approximate surface area is 126 Å². The highest BCUT2D eigenvalue weighted by atomic mass is 79.9.